The quantitative estimate of drug-likeness (QED) is 0.590. The van der Waals surface area contributed by atoms with Crippen molar-refractivity contribution in [2.75, 3.05) is 20.3 Å². The summed E-state index contributed by atoms with van der Waals surface area (Å²) in [5.74, 6) is 0.476. The molecule has 0 bridgehead atoms. The maximum absolute atomic E-state index is 11.6. The molecule has 5 heteroatoms. The fourth-order valence-corrected chi connectivity index (χ4v) is 1.72. The van der Waals surface area contributed by atoms with Crippen LogP contribution in [-0.2, 0) is 9.53 Å². The number of ether oxygens (including phenoxy) is 3. The van der Waals surface area contributed by atoms with Crippen LogP contribution in [0.1, 0.15) is 31.9 Å². The van der Waals surface area contributed by atoms with E-state index >= 15 is 0 Å². The zero-order valence-corrected chi connectivity index (χ0v) is 12.7. The molecule has 0 fully saturated rings. The summed E-state index contributed by atoms with van der Waals surface area (Å²) in [5, 5.41) is 10.2. The largest absolute Gasteiger partial charge is 0.493 e. The second kappa shape index (κ2) is 8.32. The van der Waals surface area contributed by atoms with Crippen LogP contribution in [0.5, 0.6) is 11.5 Å². The first-order valence-electron chi connectivity index (χ1n) is 6.89. The standard InChI is InChI=1S/C16H22O5/c1-5-9-21-13-8-7-12(10-14(13)19-4)15(17)11(3)16(18)20-6-2/h7-8,10,15,17H,3,5-6,9H2,1-2,4H3. The molecule has 5 nitrogen and oxygen atoms in total. The highest BCUT2D eigenvalue weighted by Gasteiger charge is 2.20. The summed E-state index contributed by atoms with van der Waals surface area (Å²) in [4.78, 5) is 11.6. The van der Waals surface area contributed by atoms with E-state index in [1.54, 1.807) is 25.1 Å². The number of benzene rings is 1. The van der Waals surface area contributed by atoms with Gasteiger partial charge in [-0.3, -0.25) is 0 Å². The lowest BCUT2D eigenvalue weighted by Crippen LogP contribution is -2.13. The minimum absolute atomic E-state index is 0.0128. The van der Waals surface area contributed by atoms with Gasteiger partial charge in [-0.25, -0.2) is 4.79 Å². The molecule has 0 aliphatic rings. The molecule has 1 atom stereocenters. The lowest BCUT2D eigenvalue weighted by Gasteiger charge is -2.16. The van der Waals surface area contributed by atoms with Crippen LogP contribution in [0.2, 0.25) is 0 Å². The SMILES string of the molecule is C=C(C(=O)OCC)C(O)c1ccc(OCCC)c(OC)c1. The summed E-state index contributed by atoms with van der Waals surface area (Å²) in [5.41, 5.74) is 0.481. The molecule has 0 aliphatic heterocycles. The first-order chi connectivity index (χ1) is 10.0. The van der Waals surface area contributed by atoms with E-state index in [1.165, 1.54) is 7.11 Å². The van der Waals surface area contributed by atoms with Crippen LogP contribution in [0.25, 0.3) is 0 Å². The number of esters is 1. The van der Waals surface area contributed by atoms with Gasteiger partial charge in [0, 0.05) is 0 Å². The highest BCUT2D eigenvalue weighted by Crippen LogP contribution is 2.32. The fourth-order valence-electron chi connectivity index (χ4n) is 1.72. The van der Waals surface area contributed by atoms with Gasteiger partial charge in [-0.1, -0.05) is 19.6 Å². The van der Waals surface area contributed by atoms with Crippen LogP contribution < -0.4 is 9.47 Å². The summed E-state index contributed by atoms with van der Waals surface area (Å²) in [6.07, 6.45) is -0.258. The van der Waals surface area contributed by atoms with E-state index in [0.29, 0.717) is 23.7 Å². The molecule has 116 valence electrons. The first-order valence-corrected chi connectivity index (χ1v) is 6.89. The van der Waals surface area contributed by atoms with Gasteiger partial charge >= 0.3 is 5.97 Å². The van der Waals surface area contributed by atoms with Crippen molar-refractivity contribution in [1.29, 1.82) is 0 Å². The number of aliphatic hydroxyl groups is 1. The maximum atomic E-state index is 11.6. The Morgan fingerprint density at radius 3 is 2.62 bits per heavy atom. The molecule has 21 heavy (non-hydrogen) atoms. The van der Waals surface area contributed by atoms with Crippen molar-refractivity contribution in [3.63, 3.8) is 0 Å². The van der Waals surface area contributed by atoms with Gasteiger partial charge in [0.2, 0.25) is 0 Å². The highest BCUT2D eigenvalue weighted by atomic mass is 16.5. The monoisotopic (exact) mass is 294 g/mol. The van der Waals surface area contributed by atoms with E-state index in [4.69, 9.17) is 14.2 Å². The maximum Gasteiger partial charge on any atom is 0.336 e. The van der Waals surface area contributed by atoms with E-state index < -0.39 is 12.1 Å². The predicted molar refractivity (Wildman–Crippen MR) is 79.5 cm³/mol. The Morgan fingerprint density at radius 1 is 1.33 bits per heavy atom. The van der Waals surface area contributed by atoms with Crippen LogP contribution in [0.3, 0.4) is 0 Å². The van der Waals surface area contributed by atoms with E-state index in [1.807, 2.05) is 6.92 Å². The zero-order valence-electron chi connectivity index (χ0n) is 12.7. The Labute approximate surface area is 125 Å². The van der Waals surface area contributed by atoms with Gasteiger partial charge in [0.15, 0.2) is 11.5 Å². The summed E-state index contributed by atoms with van der Waals surface area (Å²) >= 11 is 0. The van der Waals surface area contributed by atoms with Crippen molar-refractivity contribution in [2.45, 2.75) is 26.4 Å². The van der Waals surface area contributed by atoms with Crippen molar-refractivity contribution in [3.8, 4) is 11.5 Å². The molecule has 1 unspecified atom stereocenters. The summed E-state index contributed by atoms with van der Waals surface area (Å²) in [7, 11) is 1.52. The van der Waals surface area contributed by atoms with Crippen LogP contribution in [0, 0.1) is 0 Å². The molecule has 1 rings (SSSR count). The van der Waals surface area contributed by atoms with Gasteiger partial charge in [-0.15, -0.1) is 0 Å². The summed E-state index contributed by atoms with van der Waals surface area (Å²) < 4.78 is 15.6. The number of rotatable bonds is 8. The van der Waals surface area contributed by atoms with Gasteiger partial charge in [0.1, 0.15) is 6.10 Å². The Morgan fingerprint density at radius 2 is 2.05 bits per heavy atom. The topological polar surface area (TPSA) is 65.0 Å². The molecule has 0 saturated heterocycles. The van der Waals surface area contributed by atoms with Gasteiger partial charge < -0.3 is 19.3 Å². The Balaban J connectivity index is 2.92. The number of carbonyl (C=O) groups excluding carboxylic acids is 1. The second-order valence-corrected chi connectivity index (χ2v) is 4.41. The van der Waals surface area contributed by atoms with E-state index in [2.05, 4.69) is 6.58 Å². The number of carbonyl (C=O) groups is 1. The molecule has 1 N–H and O–H groups in total. The normalized spacial score (nSPS) is 11.6. The van der Waals surface area contributed by atoms with E-state index in [0.717, 1.165) is 6.42 Å². The zero-order chi connectivity index (χ0) is 15.8. The molecule has 0 amide bonds. The Kier molecular flexibility index (Phi) is 6.75. The van der Waals surface area contributed by atoms with Crippen molar-refractivity contribution in [2.24, 2.45) is 0 Å². The molecule has 0 aliphatic carbocycles. The average Bonchev–Trinajstić information content (AvgIpc) is 2.51. The van der Waals surface area contributed by atoms with Gasteiger partial charge in [-0.05, 0) is 31.0 Å². The summed E-state index contributed by atoms with van der Waals surface area (Å²) in [6.45, 7) is 8.09. The average molecular weight is 294 g/mol. The van der Waals surface area contributed by atoms with Crippen molar-refractivity contribution in [1.82, 2.24) is 0 Å². The van der Waals surface area contributed by atoms with Crippen molar-refractivity contribution in [3.05, 3.63) is 35.9 Å². The molecule has 0 saturated carbocycles. The van der Waals surface area contributed by atoms with Crippen LogP contribution in [0.15, 0.2) is 30.4 Å². The molecule has 1 aromatic carbocycles. The molecule has 0 spiro atoms. The lowest BCUT2D eigenvalue weighted by atomic mass is 10.0. The third-order valence-corrected chi connectivity index (χ3v) is 2.83. The van der Waals surface area contributed by atoms with Gasteiger partial charge in [0.05, 0.1) is 25.9 Å². The van der Waals surface area contributed by atoms with Gasteiger partial charge in [-0.2, -0.15) is 0 Å². The van der Waals surface area contributed by atoms with Crippen LogP contribution in [-0.4, -0.2) is 31.4 Å². The molecule has 0 heterocycles. The summed E-state index contributed by atoms with van der Waals surface area (Å²) in [6, 6.07) is 4.99. The van der Waals surface area contributed by atoms with Gasteiger partial charge in [0.25, 0.3) is 0 Å². The number of methoxy groups -OCH3 is 1. The molecule has 0 aromatic heterocycles. The minimum Gasteiger partial charge on any atom is -0.493 e. The molecular formula is C16H22O5. The number of hydrogen-bond acceptors (Lipinski definition) is 5. The van der Waals surface area contributed by atoms with Crippen LogP contribution >= 0.6 is 0 Å². The predicted octanol–water partition coefficient (Wildman–Crippen LogP) is 2.64. The lowest BCUT2D eigenvalue weighted by molar-refractivity contribution is -0.139. The van der Waals surface area contributed by atoms with Crippen molar-refractivity contribution < 1.29 is 24.1 Å². The Hall–Kier alpha value is -2.01. The fraction of sp³-hybridized carbons (Fsp3) is 0.438. The van der Waals surface area contributed by atoms with Crippen molar-refractivity contribution >= 4 is 5.97 Å². The third-order valence-electron chi connectivity index (χ3n) is 2.83. The molecule has 1 aromatic rings. The number of aliphatic hydroxyl groups excluding tert-OH is 1. The first kappa shape index (κ1) is 17.0. The molecular weight excluding hydrogens is 272 g/mol. The van der Waals surface area contributed by atoms with E-state index in [9.17, 15) is 9.90 Å². The highest BCUT2D eigenvalue weighted by molar-refractivity contribution is 5.89. The minimum atomic E-state index is -1.14. The number of hydrogen-bond donors (Lipinski definition) is 1. The molecule has 0 radical (unpaired) electrons. The second-order valence-electron chi connectivity index (χ2n) is 4.41. The van der Waals surface area contributed by atoms with Crippen LogP contribution in [0.4, 0.5) is 0 Å². The smallest absolute Gasteiger partial charge is 0.336 e. The van der Waals surface area contributed by atoms with E-state index in [-0.39, 0.29) is 12.2 Å². The Bertz CT molecular complexity index is 495. The third kappa shape index (κ3) is 4.49.